The second-order valence-corrected chi connectivity index (χ2v) is 6.91. The highest BCUT2D eigenvalue weighted by atomic mass is 16.5. The first-order chi connectivity index (χ1) is 14.1. The number of nitrogens with zero attached hydrogens (tertiary/aromatic N) is 4. The van der Waals surface area contributed by atoms with Crippen molar-refractivity contribution in [1.29, 1.82) is 0 Å². The summed E-state index contributed by atoms with van der Waals surface area (Å²) in [5.74, 6) is 0.501. The molecule has 1 aliphatic rings. The van der Waals surface area contributed by atoms with Gasteiger partial charge in [0.05, 0.1) is 25.0 Å². The summed E-state index contributed by atoms with van der Waals surface area (Å²) in [6.07, 6.45) is 5.39. The summed E-state index contributed by atoms with van der Waals surface area (Å²) < 4.78 is 7.01. The normalized spacial score (nSPS) is 15.3. The number of hydrogen-bond donors (Lipinski definition) is 3. The summed E-state index contributed by atoms with van der Waals surface area (Å²) >= 11 is 0. The second-order valence-electron chi connectivity index (χ2n) is 6.91. The van der Waals surface area contributed by atoms with Crippen molar-refractivity contribution in [3.05, 3.63) is 63.4 Å². The predicted octanol–water partition coefficient (Wildman–Crippen LogP) is 0.738. The first kappa shape index (κ1) is 17.2. The van der Waals surface area contributed by atoms with E-state index in [0.29, 0.717) is 22.4 Å². The molecule has 0 aliphatic heterocycles. The molecule has 1 aromatic carbocycles. The van der Waals surface area contributed by atoms with Gasteiger partial charge in [-0.1, -0.05) is 12.1 Å². The van der Waals surface area contributed by atoms with E-state index in [0.717, 1.165) is 29.8 Å². The number of fused-ring (bicyclic) bond motifs is 1. The van der Waals surface area contributed by atoms with Crippen molar-refractivity contribution in [2.45, 2.75) is 18.9 Å². The van der Waals surface area contributed by atoms with E-state index in [2.05, 4.69) is 15.1 Å². The van der Waals surface area contributed by atoms with Crippen molar-refractivity contribution < 1.29 is 9.84 Å². The fraction of sp³-hybridized carbons (Fsp3) is 0.200. The molecule has 146 valence electrons. The zero-order chi connectivity index (χ0) is 20.0. The van der Waals surface area contributed by atoms with Gasteiger partial charge in [0, 0.05) is 16.8 Å². The summed E-state index contributed by atoms with van der Waals surface area (Å²) in [4.78, 5) is 25.8. The van der Waals surface area contributed by atoms with Gasteiger partial charge in [-0.05, 0) is 31.1 Å². The third kappa shape index (κ3) is 3.27. The van der Waals surface area contributed by atoms with E-state index in [1.807, 2.05) is 30.3 Å². The molecular weight excluding hydrogens is 372 g/mol. The Bertz CT molecular complexity index is 1390. The smallest absolute Gasteiger partial charge is 0.326 e. The van der Waals surface area contributed by atoms with Crippen LogP contribution in [0.15, 0.2) is 46.3 Å². The van der Waals surface area contributed by atoms with Crippen molar-refractivity contribution in [1.82, 2.24) is 24.6 Å². The van der Waals surface area contributed by atoms with Crippen LogP contribution < -0.4 is 21.1 Å². The van der Waals surface area contributed by atoms with Crippen LogP contribution in [0.5, 0.6) is 11.6 Å². The average Bonchev–Trinajstić information content (AvgIpc) is 3.36. The Balaban J connectivity index is 1.77. The summed E-state index contributed by atoms with van der Waals surface area (Å²) in [5, 5.41) is 14.9. The SMILES string of the molecule is COc1cccc(-c2cc(=NC3CC3)n3ncc(=Cc4[nH]c(=O)[nH]c4O)c3n2)c1. The number of aromatic hydroxyl groups is 1. The molecule has 1 aliphatic carbocycles. The summed E-state index contributed by atoms with van der Waals surface area (Å²) in [6.45, 7) is 0. The molecule has 0 atom stereocenters. The third-order valence-electron chi connectivity index (χ3n) is 4.74. The molecule has 29 heavy (non-hydrogen) atoms. The van der Waals surface area contributed by atoms with Crippen molar-refractivity contribution in [2.75, 3.05) is 7.11 Å². The molecule has 3 N–H and O–H groups in total. The number of rotatable bonds is 4. The lowest BCUT2D eigenvalue weighted by Gasteiger charge is -2.05. The lowest BCUT2D eigenvalue weighted by atomic mass is 10.1. The molecule has 4 aromatic rings. The zero-order valence-corrected chi connectivity index (χ0v) is 15.6. The number of nitrogens with one attached hydrogen (secondary N) is 2. The molecule has 0 radical (unpaired) electrons. The molecule has 0 amide bonds. The molecule has 3 aromatic heterocycles. The largest absolute Gasteiger partial charge is 0.497 e. The summed E-state index contributed by atoms with van der Waals surface area (Å²) in [6, 6.07) is 9.86. The van der Waals surface area contributed by atoms with Crippen LogP contribution in [0.2, 0.25) is 0 Å². The number of ether oxygens (including phenoxy) is 1. The van der Waals surface area contributed by atoms with Gasteiger partial charge >= 0.3 is 5.69 Å². The van der Waals surface area contributed by atoms with Crippen LogP contribution in [0.3, 0.4) is 0 Å². The Kier molecular flexibility index (Phi) is 3.94. The molecule has 0 bridgehead atoms. The number of H-pyrrole nitrogens is 2. The maximum Gasteiger partial charge on any atom is 0.326 e. The van der Waals surface area contributed by atoms with Gasteiger partial charge < -0.3 is 14.8 Å². The standard InChI is InChI=1S/C20H18N6O3/c1-29-14-4-2-3-11(7-14)15-9-17(22-13-5-6-13)26-18(23-15)12(10-21-26)8-16-19(27)25-20(28)24-16/h2-4,7-10,13,27H,5-6H2,1H3,(H2,24,25,28). The number of aromatic amines is 2. The van der Waals surface area contributed by atoms with Gasteiger partial charge in [-0.3, -0.25) is 9.98 Å². The van der Waals surface area contributed by atoms with Gasteiger partial charge in [0.15, 0.2) is 11.1 Å². The zero-order valence-electron chi connectivity index (χ0n) is 15.6. The van der Waals surface area contributed by atoms with Crippen LogP contribution >= 0.6 is 0 Å². The first-order valence-electron chi connectivity index (χ1n) is 9.21. The minimum absolute atomic E-state index is 0.235. The van der Waals surface area contributed by atoms with Crippen LogP contribution in [0.25, 0.3) is 23.0 Å². The van der Waals surface area contributed by atoms with Crippen LogP contribution in [0.1, 0.15) is 18.5 Å². The molecule has 1 fully saturated rings. The molecule has 0 saturated heterocycles. The van der Waals surface area contributed by atoms with Gasteiger partial charge in [0.1, 0.15) is 11.4 Å². The molecule has 5 rings (SSSR count). The van der Waals surface area contributed by atoms with Crippen molar-refractivity contribution in [3.8, 4) is 22.9 Å². The first-order valence-corrected chi connectivity index (χ1v) is 9.21. The molecule has 3 heterocycles. The van der Waals surface area contributed by atoms with Gasteiger partial charge in [0.25, 0.3) is 0 Å². The number of imidazole rings is 1. The Morgan fingerprint density at radius 2 is 2.17 bits per heavy atom. The van der Waals surface area contributed by atoms with Gasteiger partial charge in [-0.15, -0.1) is 0 Å². The van der Waals surface area contributed by atoms with Crippen molar-refractivity contribution in [3.63, 3.8) is 0 Å². The predicted molar refractivity (Wildman–Crippen MR) is 105 cm³/mol. The van der Waals surface area contributed by atoms with E-state index in [-0.39, 0.29) is 11.6 Å². The Morgan fingerprint density at radius 3 is 2.90 bits per heavy atom. The molecule has 0 unspecified atom stereocenters. The van der Waals surface area contributed by atoms with Crippen LogP contribution in [-0.4, -0.2) is 42.8 Å². The van der Waals surface area contributed by atoms with E-state index in [1.54, 1.807) is 23.9 Å². The van der Waals surface area contributed by atoms with Crippen LogP contribution in [-0.2, 0) is 0 Å². The number of methoxy groups -OCH3 is 1. The monoisotopic (exact) mass is 390 g/mol. The molecule has 0 spiro atoms. The lowest BCUT2D eigenvalue weighted by Crippen LogP contribution is -2.19. The van der Waals surface area contributed by atoms with E-state index in [1.165, 1.54) is 0 Å². The van der Waals surface area contributed by atoms with Crippen LogP contribution in [0, 0.1) is 0 Å². The molecular formula is C20H18N6O3. The number of hydrogen-bond acceptors (Lipinski definition) is 6. The Hall–Kier alpha value is -3.88. The van der Waals surface area contributed by atoms with E-state index >= 15 is 0 Å². The molecule has 9 nitrogen and oxygen atoms in total. The highest BCUT2D eigenvalue weighted by Gasteiger charge is 2.20. The van der Waals surface area contributed by atoms with Gasteiger partial charge in [-0.2, -0.15) is 9.61 Å². The second kappa shape index (κ2) is 6.62. The maximum atomic E-state index is 11.4. The van der Waals surface area contributed by atoms with E-state index in [9.17, 15) is 9.90 Å². The van der Waals surface area contributed by atoms with E-state index in [4.69, 9.17) is 14.7 Å². The van der Waals surface area contributed by atoms with Crippen molar-refractivity contribution >= 4 is 11.7 Å². The maximum absolute atomic E-state index is 11.4. The topological polar surface area (TPSA) is 121 Å². The molecule has 1 saturated carbocycles. The Labute approximate surface area is 164 Å². The lowest BCUT2D eigenvalue weighted by molar-refractivity contribution is 0.415. The number of aromatic nitrogens is 5. The summed E-state index contributed by atoms with van der Waals surface area (Å²) in [7, 11) is 1.62. The number of benzene rings is 1. The average molecular weight is 390 g/mol. The minimum atomic E-state index is -0.486. The fourth-order valence-electron chi connectivity index (χ4n) is 3.13. The molecule has 9 heteroatoms. The highest BCUT2D eigenvalue weighted by Crippen LogP contribution is 2.24. The minimum Gasteiger partial charge on any atom is -0.497 e. The van der Waals surface area contributed by atoms with Gasteiger partial charge in [0.2, 0.25) is 5.88 Å². The highest BCUT2D eigenvalue weighted by molar-refractivity contribution is 5.64. The van der Waals surface area contributed by atoms with Gasteiger partial charge in [-0.25, -0.2) is 9.78 Å². The quantitative estimate of drug-likeness (QED) is 0.475. The Morgan fingerprint density at radius 1 is 1.31 bits per heavy atom. The van der Waals surface area contributed by atoms with E-state index < -0.39 is 5.69 Å². The van der Waals surface area contributed by atoms with Crippen LogP contribution in [0.4, 0.5) is 0 Å². The van der Waals surface area contributed by atoms with Crippen molar-refractivity contribution in [2.24, 2.45) is 4.99 Å². The summed E-state index contributed by atoms with van der Waals surface area (Å²) in [5.41, 5.74) is 2.69. The fourth-order valence-corrected chi connectivity index (χ4v) is 3.13. The third-order valence-corrected chi connectivity index (χ3v) is 4.74.